The molecule has 2 unspecified atom stereocenters. The SMILES string of the molecule is CC1CN(C(=O)C(=Cc2cn(-c3ccccc3)nc2-c2cccs2)NC(=O)c2ccc(Cl)cc2)CC(C)O1. The van der Waals surface area contributed by atoms with Gasteiger partial charge in [0.05, 0.1) is 22.8 Å². The molecule has 0 radical (unpaired) electrons. The highest BCUT2D eigenvalue weighted by molar-refractivity contribution is 7.13. The molecule has 1 saturated heterocycles. The van der Waals surface area contributed by atoms with Gasteiger partial charge in [-0.2, -0.15) is 5.10 Å². The number of nitrogens with one attached hydrogen (secondary N) is 1. The van der Waals surface area contributed by atoms with Gasteiger partial charge in [-0.05, 0) is 67.8 Å². The van der Waals surface area contributed by atoms with E-state index in [2.05, 4.69) is 5.32 Å². The highest BCUT2D eigenvalue weighted by Gasteiger charge is 2.29. The maximum atomic E-state index is 13.8. The predicted octanol–water partition coefficient (Wildman–Crippen LogP) is 5.66. The number of rotatable bonds is 6. The molecule has 2 aromatic carbocycles. The maximum absolute atomic E-state index is 13.8. The van der Waals surface area contributed by atoms with Crippen LogP contribution in [0.3, 0.4) is 0 Å². The Hall–Kier alpha value is -3.72. The number of nitrogens with zero attached hydrogens (tertiary/aromatic N) is 3. The van der Waals surface area contributed by atoms with E-state index in [1.54, 1.807) is 51.3 Å². The molecule has 0 bridgehead atoms. The summed E-state index contributed by atoms with van der Waals surface area (Å²) in [6.45, 7) is 4.73. The topological polar surface area (TPSA) is 76.5 Å². The van der Waals surface area contributed by atoms with Gasteiger partial charge in [-0.3, -0.25) is 9.59 Å². The maximum Gasteiger partial charge on any atom is 0.270 e. The van der Waals surface area contributed by atoms with Gasteiger partial charge in [-0.25, -0.2) is 4.68 Å². The lowest BCUT2D eigenvalue weighted by Crippen LogP contribution is -2.50. The molecule has 7 nitrogen and oxygen atoms in total. The van der Waals surface area contributed by atoms with Gasteiger partial charge in [-0.1, -0.05) is 35.9 Å². The van der Waals surface area contributed by atoms with E-state index in [0.717, 1.165) is 16.3 Å². The first-order chi connectivity index (χ1) is 18.4. The molecular weight excluding hydrogens is 520 g/mol. The zero-order valence-corrected chi connectivity index (χ0v) is 22.6. The van der Waals surface area contributed by atoms with Crippen molar-refractivity contribution >= 4 is 40.8 Å². The number of hydrogen-bond acceptors (Lipinski definition) is 5. The summed E-state index contributed by atoms with van der Waals surface area (Å²) in [6, 6.07) is 20.2. The van der Waals surface area contributed by atoms with Crippen molar-refractivity contribution in [3.63, 3.8) is 0 Å². The summed E-state index contributed by atoms with van der Waals surface area (Å²) in [5.41, 5.74) is 2.88. The second-order valence-electron chi connectivity index (χ2n) is 9.18. The Morgan fingerprint density at radius 3 is 2.39 bits per heavy atom. The van der Waals surface area contributed by atoms with E-state index in [1.165, 1.54) is 0 Å². The van der Waals surface area contributed by atoms with Crippen molar-refractivity contribution in [2.24, 2.45) is 0 Å². The Kier molecular flexibility index (Phi) is 7.74. The lowest BCUT2D eigenvalue weighted by atomic mass is 10.1. The molecule has 0 spiro atoms. The molecule has 1 aliphatic rings. The normalized spacial score (nSPS) is 17.9. The van der Waals surface area contributed by atoms with Gasteiger partial charge >= 0.3 is 0 Å². The average molecular weight is 547 g/mol. The number of carbonyl (C=O) groups excluding carboxylic acids is 2. The van der Waals surface area contributed by atoms with Crippen LogP contribution in [0.15, 0.2) is 84.0 Å². The molecular formula is C29H27ClN4O3S. The van der Waals surface area contributed by atoms with Crippen LogP contribution in [0.2, 0.25) is 5.02 Å². The number of aromatic nitrogens is 2. The van der Waals surface area contributed by atoms with Gasteiger partial charge < -0.3 is 15.0 Å². The van der Waals surface area contributed by atoms with E-state index in [-0.39, 0.29) is 23.8 Å². The number of para-hydroxylation sites is 1. The van der Waals surface area contributed by atoms with E-state index < -0.39 is 5.91 Å². The second kappa shape index (κ2) is 11.3. The largest absolute Gasteiger partial charge is 0.372 e. The third kappa shape index (κ3) is 5.88. The summed E-state index contributed by atoms with van der Waals surface area (Å²) in [5, 5.41) is 10.2. The molecule has 5 rings (SSSR count). The summed E-state index contributed by atoms with van der Waals surface area (Å²) in [4.78, 5) is 29.7. The van der Waals surface area contributed by atoms with Crippen LogP contribution < -0.4 is 5.32 Å². The highest BCUT2D eigenvalue weighted by atomic mass is 35.5. The Balaban J connectivity index is 1.57. The summed E-state index contributed by atoms with van der Waals surface area (Å²) < 4.78 is 7.60. The minimum absolute atomic E-state index is 0.113. The standard InChI is InChI=1S/C29H27ClN4O3S/c1-19-16-33(17-20(2)37-19)29(36)25(31-28(35)21-10-12-23(30)13-11-21)15-22-18-34(24-7-4-3-5-8-24)32-27(22)26-9-6-14-38-26/h3-15,18-20H,16-17H2,1-2H3,(H,31,35). The quantitative estimate of drug-likeness (QED) is 0.317. The van der Waals surface area contributed by atoms with Gasteiger partial charge in [0.15, 0.2) is 0 Å². The zero-order chi connectivity index (χ0) is 26.6. The van der Waals surface area contributed by atoms with Crippen LogP contribution in [-0.2, 0) is 9.53 Å². The lowest BCUT2D eigenvalue weighted by molar-refractivity contribution is -0.139. The minimum Gasteiger partial charge on any atom is -0.372 e. The first-order valence-corrected chi connectivity index (χ1v) is 13.6. The Labute approximate surface area is 230 Å². The number of halogens is 1. The summed E-state index contributed by atoms with van der Waals surface area (Å²) in [7, 11) is 0. The van der Waals surface area contributed by atoms with Crippen LogP contribution in [0.4, 0.5) is 0 Å². The molecule has 0 saturated carbocycles. The van der Waals surface area contributed by atoms with E-state index in [4.69, 9.17) is 21.4 Å². The van der Waals surface area contributed by atoms with Gasteiger partial charge in [0.2, 0.25) is 0 Å². The number of hydrogen-bond donors (Lipinski definition) is 1. The predicted molar refractivity (Wildman–Crippen MR) is 150 cm³/mol. The third-order valence-corrected chi connectivity index (χ3v) is 7.24. The third-order valence-electron chi connectivity index (χ3n) is 6.11. The molecule has 1 fully saturated rings. The first-order valence-electron chi connectivity index (χ1n) is 12.3. The molecule has 2 atom stereocenters. The number of ether oxygens (including phenoxy) is 1. The molecule has 3 heterocycles. The zero-order valence-electron chi connectivity index (χ0n) is 21.0. The smallest absolute Gasteiger partial charge is 0.270 e. The summed E-state index contributed by atoms with van der Waals surface area (Å²) >= 11 is 7.56. The van der Waals surface area contributed by atoms with Crippen LogP contribution in [0.25, 0.3) is 22.3 Å². The number of amides is 2. The fourth-order valence-corrected chi connectivity index (χ4v) is 5.28. The van der Waals surface area contributed by atoms with Crippen LogP contribution in [-0.4, -0.2) is 51.8 Å². The molecule has 0 aliphatic carbocycles. The van der Waals surface area contributed by atoms with Gasteiger partial charge in [0, 0.05) is 35.4 Å². The van der Waals surface area contributed by atoms with Crippen molar-refractivity contribution < 1.29 is 14.3 Å². The fraction of sp³-hybridized carbons (Fsp3) is 0.207. The monoisotopic (exact) mass is 546 g/mol. The van der Waals surface area contributed by atoms with E-state index in [1.807, 2.05) is 67.9 Å². The van der Waals surface area contributed by atoms with Crippen molar-refractivity contribution in [1.29, 1.82) is 0 Å². The number of benzene rings is 2. The molecule has 2 aromatic heterocycles. The van der Waals surface area contributed by atoms with E-state index in [0.29, 0.717) is 29.2 Å². The second-order valence-corrected chi connectivity index (χ2v) is 10.6. The van der Waals surface area contributed by atoms with Crippen LogP contribution in [0.1, 0.15) is 29.8 Å². The Bertz CT molecular complexity index is 1440. The molecule has 1 N–H and O–H groups in total. The van der Waals surface area contributed by atoms with Crippen LogP contribution in [0.5, 0.6) is 0 Å². The minimum atomic E-state index is -0.399. The van der Waals surface area contributed by atoms with E-state index >= 15 is 0 Å². The van der Waals surface area contributed by atoms with Gasteiger partial charge in [0.1, 0.15) is 11.4 Å². The van der Waals surface area contributed by atoms with Crippen molar-refractivity contribution in [2.75, 3.05) is 13.1 Å². The molecule has 2 amide bonds. The number of morpholine rings is 1. The lowest BCUT2D eigenvalue weighted by Gasteiger charge is -2.35. The van der Waals surface area contributed by atoms with Crippen LogP contribution in [0, 0.1) is 0 Å². The molecule has 1 aliphatic heterocycles. The molecule has 38 heavy (non-hydrogen) atoms. The van der Waals surface area contributed by atoms with Crippen LogP contribution >= 0.6 is 22.9 Å². The summed E-state index contributed by atoms with van der Waals surface area (Å²) in [5.74, 6) is -0.678. The van der Waals surface area contributed by atoms with Crippen molar-refractivity contribution in [3.05, 3.63) is 100 Å². The van der Waals surface area contributed by atoms with Gasteiger partial charge in [-0.15, -0.1) is 11.3 Å². The molecule has 4 aromatic rings. The highest BCUT2D eigenvalue weighted by Crippen LogP contribution is 2.29. The summed E-state index contributed by atoms with van der Waals surface area (Å²) in [6.07, 6.45) is 3.36. The first kappa shape index (κ1) is 25.9. The average Bonchev–Trinajstić information content (AvgIpc) is 3.58. The number of carbonyl (C=O) groups is 2. The number of thiophene rings is 1. The molecule has 9 heteroatoms. The fourth-order valence-electron chi connectivity index (χ4n) is 4.43. The van der Waals surface area contributed by atoms with Crippen molar-refractivity contribution in [3.8, 4) is 16.3 Å². The molecule has 194 valence electrons. The Morgan fingerprint density at radius 2 is 1.74 bits per heavy atom. The van der Waals surface area contributed by atoms with Crippen molar-refractivity contribution in [1.82, 2.24) is 20.0 Å². The van der Waals surface area contributed by atoms with E-state index in [9.17, 15) is 9.59 Å². The van der Waals surface area contributed by atoms with Crippen molar-refractivity contribution in [2.45, 2.75) is 26.1 Å². The Morgan fingerprint density at radius 1 is 1.03 bits per heavy atom. The van der Waals surface area contributed by atoms with Gasteiger partial charge in [0.25, 0.3) is 11.8 Å².